The molecule has 0 saturated heterocycles. The Morgan fingerprint density at radius 1 is 1.50 bits per heavy atom. The minimum Gasteiger partial charge on any atom is -0.389 e. The highest BCUT2D eigenvalue weighted by atomic mass is 32.1. The lowest BCUT2D eigenvalue weighted by atomic mass is 9.71. The van der Waals surface area contributed by atoms with Gasteiger partial charge in [-0.2, -0.15) is 9.64 Å². The summed E-state index contributed by atoms with van der Waals surface area (Å²) in [6.07, 6.45) is 6.81. The number of nitriles is 1. The fourth-order valence-corrected chi connectivity index (χ4v) is 5.58. The molecule has 1 atom stereocenters. The Morgan fingerprint density at radius 3 is 2.96 bits per heavy atom. The molecule has 0 saturated carbocycles. The van der Waals surface area contributed by atoms with Crippen molar-refractivity contribution >= 4 is 39.7 Å². The zero-order valence-corrected chi connectivity index (χ0v) is 16.9. The third kappa shape index (κ3) is 3.25. The Hall–Kier alpha value is -2.23. The Kier molecular flexibility index (Phi) is 5.12. The maximum atomic E-state index is 9.61. The molecule has 1 aliphatic carbocycles. The van der Waals surface area contributed by atoms with Crippen LogP contribution in [-0.4, -0.2) is 10.6 Å². The number of rotatable bonds is 4. The van der Waals surface area contributed by atoms with Crippen molar-refractivity contribution in [3.63, 3.8) is 0 Å². The molecule has 0 amide bonds. The molecule has 2 N–H and O–H groups in total. The van der Waals surface area contributed by atoms with E-state index in [2.05, 4.69) is 35.0 Å². The summed E-state index contributed by atoms with van der Waals surface area (Å²) >= 11 is 3.08. The highest BCUT2D eigenvalue weighted by Gasteiger charge is 2.40. The summed E-state index contributed by atoms with van der Waals surface area (Å²) in [5.41, 5.74) is 10.5. The van der Waals surface area contributed by atoms with E-state index >= 15 is 0 Å². The molecule has 0 unspecified atom stereocenters. The van der Waals surface area contributed by atoms with Crippen LogP contribution in [0.3, 0.4) is 0 Å². The summed E-state index contributed by atoms with van der Waals surface area (Å²) in [6, 6.07) is 4.48. The minimum atomic E-state index is -0.200. The lowest BCUT2D eigenvalue weighted by Gasteiger charge is -2.33. The van der Waals surface area contributed by atoms with Gasteiger partial charge in [0, 0.05) is 27.1 Å². The summed E-state index contributed by atoms with van der Waals surface area (Å²) in [4.78, 5) is 6.63. The summed E-state index contributed by atoms with van der Waals surface area (Å²) in [7, 11) is 0. The summed E-state index contributed by atoms with van der Waals surface area (Å²) in [6.45, 7) is 9.87. The molecule has 6 heteroatoms. The van der Waals surface area contributed by atoms with E-state index in [1.807, 2.05) is 19.9 Å². The number of nitrogens with two attached hydrogens (primary N) is 1. The normalized spacial score (nSPS) is 20.2. The van der Waals surface area contributed by atoms with Crippen LogP contribution in [-0.2, 0) is 11.8 Å². The molecule has 0 radical (unpaired) electrons. The molecule has 2 aromatic rings. The van der Waals surface area contributed by atoms with Crippen LogP contribution in [0.2, 0.25) is 0 Å². The Balaban J connectivity index is 2.01. The molecule has 134 valence electrons. The second-order valence-electron chi connectivity index (χ2n) is 6.88. The van der Waals surface area contributed by atoms with E-state index in [0.717, 1.165) is 41.8 Å². The zero-order chi connectivity index (χ0) is 18.9. The second kappa shape index (κ2) is 7.18. The standard InChI is InChI=1S/C20H22N4S2/c1-12(2)23-9-7-13(3)15-10-17(26-24-15)20(4)8-5-6-16-18(20)14(11-21)19(22)25-16/h7,9-10H,1,5-6,8,22H2,2-4H3/b13-7+,23-9?/t20-/m1/s1. The van der Waals surface area contributed by atoms with Gasteiger partial charge in [-0.15, -0.1) is 11.3 Å². The fourth-order valence-electron chi connectivity index (χ4n) is 3.42. The fraction of sp³-hybridized carbons (Fsp3) is 0.350. The van der Waals surface area contributed by atoms with Gasteiger partial charge in [0.15, 0.2) is 0 Å². The average molecular weight is 383 g/mol. The lowest BCUT2D eigenvalue weighted by molar-refractivity contribution is 0.477. The van der Waals surface area contributed by atoms with Crippen molar-refractivity contribution < 1.29 is 0 Å². The third-order valence-electron chi connectivity index (χ3n) is 4.83. The maximum Gasteiger partial charge on any atom is 0.104 e. The third-order valence-corrected chi connectivity index (χ3v) is 6.96. The van der Waals surface area contributed by atoms with E-state index < -0.39 is 0 Å². The molecule has 0 bridgehead atoms. The highest BCUT2D eigenvalue weighted by Crippen LogP contribution is 2.50. The quantitative estimate of drug-likeness (QED) is 0.728. The molecule has 0 aromatic carbocycles. The smallest absolute Gasteiger partial charge is 0.104 e. The first-order valence-corrected chi connectivity index (χ1v) is 10.1. The minimum absolute atomic E-state index is 0.200. The van der Waals surface area contributed by atoms with Crippen molar-refractivity contribution in [3.8, 4) is 6.07 Å². The van der Waals surface area contributed by atoms with Crippen LogP contribution in [0.5, 0.6) is 0 Å². The van der Waals surface area contributed by atoms with Crippen molar-refractivity contribution in [1.29, 1.82) is 5.26 Å². The number of fused-ring (bicyclic) bond motifs is 1. The highest BCUT2D eigenvalue weighted by molar-refractivity contribution is 7.16. The first-order chi connectivity index (χ1) is 12.4. The number of hydrogen-bond donors (Lipinski definition) is 1. The van der Waals surface area contributed by atoms with E-state index in [1.165, 1.54) is 21.3 Å². The Morgan fingerprint density at radius 2 is 2.27 bits per heavy atom. The van der Waals surface area contributed by atoms with Crippen molar-refractivity contribution in [1.82, 2.24) is 4.37 Å². The molecule has 1 aliphatic rings. The first kappa shape index (κ1) is 18.6. The molecule has 26 heavy (non-hydrogen) atoms. The molecule has 0 fully saturated rings. The van der Waals surface area contributed by atoms with Crippen LogP contribution in [0.15, 0.2) is 29.4 Å². The number of aromatic nitrogens is 1. The topological polar surface area (TPSA) is 75.1 Å². The van der Waals surface area contributed by atoms with E-state index in [1.54, 1.807) is 17.6 Å². The van der Waals surface area contributed by atoms with Gasteiger partial charge in [0.05, 0.1) is 11.3 Å². The van der Waals surface area contributed by atoms with Gasteiger partial charge in [0.2, 0.25) is 0 Å². The summed E-state index contributed by atoms with van der Waals surface area (Å²) in [5, 5.41) is 10.3. The molecule has 0 aliphatic heterocycles. The van der Waals surface area contributed by atoms with E-state index in [4.69, 9.17) is 5.73 Å². The van der Waals surface area contributed by atoms with Gasteiger partial charge in [-0.25, -0.2) is 0 Å². The summed E-state index contributed by atoms with van der Waals surface area (Å²) < 4.78 is 4.65. The van der Waals surface area contributed by atoms with Gasteiger partial charge in [0.1, 0.15) is 11.1 Å². The molecule has 2 aromatic heterocycles. The van der Waals surface area contributed by atoms with Crippen LogP contribution in [0.4, 0.5) is 5.00 Å². The molecule has 3 rings (SSSR count). The number of allylic oxidation sites excluding steroid dienone is 3. The van der Waals surface area contributed by atoms with Gasteiger partial charge in [0.25, 0.3) is 0 Å². The first-order valence-electron chi connectivity index (χ1n) is 8.52. The van der Waals surface area contributed by atoms with Gasteiger partial charge < -0.3 is 5.73 Å². The molecule has 2 heterocycles. The van der Waals surface area contributed by atoms with Gasteiger partial charge >= 0.3 is 0 Å². The monoisotopic (exact) mass is 382 g/mol. The number of thiophene rings is 1. The van der Waals surface area contributed by atoms with Crippen molar-refractivity contribution in [2.24, 2.45) is 4.99 Å². The summed E-state index contributed by atoms with van der Waals surface area (Å²) in [5.74, 6) is 0. The Bertz CT molecular complexity index is 955. The van der Waals surface area contributed by atoms with Gasteiger partial charge in [-0.3, -0.25) is 4.99 Å². The number of aryl methyl sites for hydroxylation is 1. The van der Waals surface area contributed by atoms with Crippen LogP contribution in [0, 0.1) is 11.3 Å². The zero-order valence-electron chi connectivity index (χ0n) is 15.3. The molecule has 4 nitrogen and oxygen atoms in total. The van der Waals surface area contributed by atoms with Crippen molar-refractivity contribution in [3.05, 3.63) is 51.0 Å². The van der Waals surface area contributed by atoms with Crippen molar-refractivity contribution in [2.75, 3.05) is 5.73 Å². The number of nitrogen functional groups attached to an aromatic ring is 1. The van der Waals surface area contributed by atoms with Crippen LogP contribution in [0.1, 0.15) is 60.2 Å². The van der Waals surface area contributed by atoms with E-state index in [9.17, 15) is 5.26 Å². The average Bonchev–Trinajstić information content (AvgIpc) is 3.19. The van der Waals surface area contributed by atoms with E-state index in [-0.39, 0.29) is 5.41 Å². The van der Waals surface area contributed by atoms with Gasteiger partial charge in [-0.1, -0.05) is 13.5 Å². The number of anilines is 1. The number of hydrogen-bond acceptors (Lipinski definition) is 6. The predicted octanol–water partition coefficient (Wildman–Crippen LogP) is 5.31. The SMILES string of the molecule is C=C(C)N=C/C=C(\C)c1cc([C@@]2(C)CCCc3sc(N)c(C#N)c32)sn1. The van der Waals surface area contributed by atoms with Crippen molar-refractivity contribution in [2.45, 2.75) is 45.4 Å². The number of nitrogens with zero attached hydrogens (tertiary/aromatic N) is 3. The van der Waals surface area contributed by atoms with Crippen LogP contribution >= 0.6 is 22.9 Å². The van der Waals surface area contributed by atoms with Crippen LogP contribution in [0.25, 0.3) is 5.57 Å². The van der Waals surface area contributed by atoms with E-state index in [0.29, 0.717) is 10.6 Å². The molecular weight excluding hydrogens is 360 g/mol. The molecule has 0 spiro atoms. The second-order valence-corrected chi connectivity index (χ2v) is 8.82. The van der Waals surface area contributed by atoms with Crippen LogP contribution < -0.4 is 5.73 Å². The maximum absolute atomic E-state index is 9.61. The van der Waals surface area contributed by atoms with Gasteiger partial charge in [-0.05, 0) is 67.9 Å². The molecular formula is C20H22N4S2. The lowest BCUT2D eigenvalue weighted by Crippen LogP contribution is -2.27. The Labute approximate surface area is 162 Å². The predicted molar refractivity (Wildman–Crippen MR) is 112 cm³/mol. The number of aliphatic imine (C=N–C) groups is 1. The largest absolute Gasteiger partial charge is 0.389 e.